The highest BCUT2D eigenvalue weighted by Gasteiger charge is 2.37. The Morgan fingerprint density at radius 2 is 1.68 bits per heavy atom. The second-order valence-electron chi connectivity index (χ2n) is 6.43. The molecule has 0 saturated carbocycles. The Bertz CT molecular complexity index is 792. The summed E-state index contributed by atoms with van der Waals surface area (Å²) in [7, 11) is 2.08. The van der Waals surface area contributed by atoms with Crippen molar-refractivity contribution >= 4 is 5.69 Å². The first-order valence-electron chi connectivity index (χ1n) is 7.46. The Hall–Kier alpha value is -2.42. The van der Waals surface area contributed by atoms with Gasteiger partial charge in [0.05, 0.1) is 0 Å². The topological polar surface area (TPSA) is 21.7 Å². The lowest BCUT2D eigenvalue weighted by Gasteiger charge is -2.22. The third-order valence-corrected chi connectivity index (χ3v) is 4.86. The molecular formula is C19H19NO2. The van der Waals surface area contributed by atoms with Crippen molar-refractivity contribution in [2.24, 2.45) is 0 Å². The molecule has 112 valence electrons. The van der Waals surface area contributed by atoms with Crippen LogP contribution in [0.3, 0.4) is 0 Å². The van der Waals surface area contributed by atoms with E-state index in [2.05, 4.69) is 56.6 Å². The summed E-state index contributed by atoms with van der Waals surface area (Å²) in [4.78, 5) is 2.18. The highest BCUT2D eigenvalue weighted by Crippen LogP contribution is 2.47. The van der Waals surface area contributed by atoms with Crippen LogP contribution in [0.15, 0.2) is 48.7 Å². The standard InChI is InChI=1S/C19H19NO2/c1-12-19(2,3)15-9-13(5-7-16(15)20(12)4)14-6-8-17-18(10-14)22-11-21-17/h5-10H,1,11H2,2-4H3. The van der Waals surface area contributed by atoms with Gasteiger partial charge in [-0.05, 0) is 41.0 Å². The van der Waals surface area contributed by atoms with E-state index >= 15 is 0 Å². The Labute approximate surface area is 130 Å². The summed E-state index contributed by atoms with van der Waals surface area (Å²) >= 11 is 0. The van der Waals surface area contributed by atoms with Gasteiger partial charge >= 0.3 is 0 Å². The van der Waals surface area contributed by atoms with E-state index in [4.69, 9.17) is 9.47 Å². The van der Waals surface area contributed by atoms with Crippen LogP contribution in [0.1, 0.15) is 19.4 Å². The van der Waals surface area contributed by atoms with Crippen LogP contribution in [0, 0.1) is 0 Å². The summed E-state index contributed by atoms with van der Waals surface area (Å²) in [5.74, 6) is 1.64. The van der Waals surface area contributed by atoms with Crippen molar-refractivity contribution in [1.29, 1.82) is 0 Å². The fraction of sp³-hybridized carbons (Fsp3) is 0.263. The molecule has 0 N–H and O–H groups in total. The zero-order chi connectivity index (χ0) is 15.5. The predicted molar refractivity (Wildman–Crippen MR) is 88.6 cm³/mol. The first-order valence-corrected chi connectivity index (χ1v) is 7.46. The van der Waals surface area contributed by atoms with Crippen molar-refractivity contribution in [1.82, 2.24) is 0 Å². The van der Waals surface area contributed by atoms with Crippen molar-refractivity contribution in [3.05, 3.63) is 54.2 Å². The van der Waals surface area contributed by atoms with E-state index in [-0.39, 0.29) is 5.41 Å². The average molecular weight is 293 g/mol. The molecule has 0 amide bonds. The van der Waals surface area contributed by atoms with E-state index in [9.17, 15) is 0 Å². The minimum atomic E-state index is -0.0452. The molecule has 0 spiro atoms. The van der Waals surface area contributed by atoms with Gasteiger partial charge in [0.1, 0.15) is 0 Å². The van der Waals surface area contributed by atoms with Crippen molar-refractivity contribution in [3.63, 3.8) is 0 Å². The number of hydrogen-bond donors (Lipinski definition) is 0. The molecule has 0 unspecified atom stereocenters. The zero-order valence-corrected chi connectivity index (χ0v) is 13.1. The van der Waals surface area contributed by atoms with Crippen LogP contribution in [0.5, 0.6) is 11.5 Å². The number of allylic oxidation sites excluding steroid dienone is 1. The van der Waals surface area contributed by atoms with Gasteiger partial charge in [0.25, 0.3) is 0 Å². The van der Waals surface area contributed by atoms with E-state index in [0.717, 1.165) is 22.8 Å². The molecule has 3 nitrogen and oxygen atoms in total. The van der Waals surface area contributed by atoms with Crippen LogP contribution in [-0.2, 0) is 5.41 Å². The van der Waals surface area contributed by atoms with Gasteiger partial charge in [-0.1, -0.05) is 32.6 Å². The van der Waals surface area contributed by atoms with Gasteiger partial charge in [0, 0.05) is 23.8 Å². The molecule has 2 aliphatic rings. The number of hydrogen-bond acceptors (Lipinski definition) is 3. The molecule has 0 bridgehead atoms. The molecule has 2 heterocycles. The van der Waals surface area contributed by atoms with Gasteiger partial charge in [-0.2, -0.15) is 0 Å². The SMILES string of the molecule is C=C1N(C)c2ccc(-c3ccc4c(c3)OCO4)cc2C1(C)C. The zero-order valence-electron chi connectivity index (χ0n) is 13.1. The van der Waals surface area contributed by atoms with E-state index in [0.29, 0.717) is 6.79 Å². The maximum Gasteiger partial charge on any atom is 0.231 e. The molecule has 0 fully saturated rings. The van der Waals surface area contributed by atoms with Gasteiger partial charge in [-0.25, -0.2) is 0 Å². The van der Waals surface area contributed by atoms with Crippen molar-refractivity contribution in [3.8, 4) is 22.6 Å². The molecule has 0 atom stereocenters. The molecule has 0 aromatic heterocycles. The number of rotatable bonds is 1. The molecule has 3 heteroatoms. The highest BCUT2D eigenvalue weighted by molar-refractivity contribution is 5.77. The van der Waals surface area contributed by atoms with E-state index in [1.54, 1.807) is 0 Å². The van der Waals surface area contributed by atoms with Crippen LogP contribution < -0.4 is 14.4 Å². The fourth-order valence-corrected chi connectivity index (χ4v) is 3.30. The number of likely N-dealkylation sites (N-methyl/N-ethyl adjacent to an activating group) is 1. The molecule has 2 aromatic carbocycles. The second kappa shape index (κ2) is 4.29. The normalized spacial score (nSPS) is 17.8. The smallest absolute Gasteiger partial charge is 0.231 e. The quantitative estimate of drug-likeness (QED) is 0.781. The number of nitrogens with zero attached hydrogens (tertiary/aromatic N) is 1. The summed E-state index contributed by atoms with van der Waals surface area (Å²) < 4.78 is 10.9. The Kier molecular flexibility index (Phi) is 2.59. The number of fused-ring (bicyclic) bond motifs is 2. The second-order valence-corrected chi connectivity index (χ2v) is 6.43. The molecule has 22 heavy (non-hydrogen) atoms. The Balaban J connectivity index is 1.83. The summed E-state index contributed by atoms with van der Waals surface area (Å²) in [6, 6.07) is 12.7. The lowest BCUT2D eigenvalue weighted by molar-refractivity contribution is 0.174. The summed E-state index contributed by atoms with van der Waals surface area (Å²) in [6.07, 6.45) is 0. The summed E-state index contributed by atoms with van der Waals surface area (Å²) in [6.45, 7) is 8.99. The molecule has 0 aliphatic carbocycles. The minimum Gasteiger partial charge on any atom is -0.454 e. The van der Waals surface area contributed by atoms with Crippen molar-refractivity contribution in [2.45, 2.75) is 19.3 Å². The molecular weight excluding hydrogens is 274 g/mol. The third-order valence-electron chi connectivity index (χ3n) is 4.86. The monoisotopic (exact) mass is 293 g/mol. The summed E-state index contributed by atoms with van der Waals surface area (Å²) in [5.41, 5.74) is 5.97. The van der Waals surface area contributed by atoms with Crippen molar-refractivity contribution in [2.75, 3.05) is 18.7 Å². The largest absolute Gasteiger partial charge is 0.454 e. The number of anilines is 1. The molecule has 2 aromatic rings. The Morgan fingerprint density at radius 3 is 2.50 bits per heavy atom. The van der Waals surface area contributed by atoms with Crippen LogP contribution in [0.25, 0.3) is 11.1 Å². The third kappa shape index (κ3) is 1.68. The van der Waals surface area contributed by atoms with E-state index in [1.807, 2.05) is 12.1 Å². The van der Waals surface area contributed by atoms with Crippen molar-refractivity contribution < 1.29 is 9.47 Å². The van der Waals surface area contributed by atoms with Crippen LogP contribution in [0.2, 0.25) is 0 Å². The first-order chi connectivity index (χ1) is 10.5. The first kappa shape index (κ1) is 13.3. The maximum absolute atomic E-state index is 5.48. The van der Waals surface area contributed by atoms with E-state index in [1.165, 1.54) is 16.8 Å². The molecule has 2 aliphatic heterocycles. The van der Waals surface area contributed by atoms with Gasteiger partial charge in [-0.3, -0.25) is 0 Å². The van der Waals surface area contributed by atoms with Crippen LogP contribution in [0.4, 0.5) is 5.69 Å². The lowest BCUT2D eigenvalue weighted by atomic mass is 9.83. The molecule has 4 rings (SSSR count). The maximum atomic E-state index is 5.48. The fourth-order valence-electron chi connectivity index (χ4n) is 3.30. The number of benzene rings is 2. The van der Waals surface area contributed by atoms with Crippen LogP contribution in [-0.4, -0.2) is 13.8 Å². The summed E-state index contributed by atoms with van der Waals surface area (Å²) in [5, 5.41) is 0. The van der Waals surface area contributed by atoms with Crippen LogP contribution >= 0.6 is 0 Å². The van der Waals surface area contributed by atoms with Gasteiger partial charge < -0.3 is 14.4 Å². The predicted octanol–water partition coefficient (Wildman–Crippen LogP) is 4.32. The lowest BCUT2D eigenvalue weighted by Crippen LogP contribution is -2.21. The highest BCUT2D eigenvalue weighted by atomic mass is 16.7. The minimum absolute atomic E-state index is 0.0452. The van der Waals surface area contributed by atoms with Gasteiger partial charge in [-0.15, -0.1) is 0 Å². The van der Waals surface area contributed by atoms with Gasteiger partial charge in [0.2, 0.25) is 6.79 Å². The Morgan fingerprint density at radius 1 is 1.00 bits per heavy atom. The molecule has 0 saturated heterocycles. The average Bonchev–Trinajstić information content (AvgIpc) is 3.05. The number of ether oxygens (including phenoxy) is 2. The molecule has 0 radical (unpaired) electrons. The van der Waals surface area contributed by atoms with Gasteiger partial charge in [0.15, 0.2) is 11.5 Å². The van der Waals surface area contributed by atoms with E-state index < -0.39 is 0 Å².